The molecule has 0 spiro atoms. The molecule has 1 aliphatic rings. The van der Waals surface area contributed by atoms with Gasteiger partial charge in [-0.1, -0.05) is 67.1 Å². The van der Waals surface area contributed by atoms with Gasteiger partial charge in [0.2, 0.25) is 10.0 Å². The van der Waals surface area contributed by atoms with Gasteiger partial charge in [0.05, 0.1) is 23.0 Å². The molecule has 4 aromatic rings. The Bertz CT molecular complexity index is 1720. The molecule has 3 aromatic carbocycles. The predicted molar refractivity (Wildman–Crippen MR) is 169 cm³/mol. The first kappa shape index (κ1) is 30.3. The fourth-order valence-electron chi connectivity index (χ4n) is 5.75. The fourth-order valence-corrected chi connectivity index (χ4v) is 6.89. The van der Waals surface area contributed by atoms with Crippen LogP contribution in [0.4, 0.5) is 5.69 Å². The van der Waals surface area contributed by atoms with Gasteiger partial charge < -0.3 is 19.9 Å². The fraction of sp³-hybridized carbons (Fsp3) is 0.333. The second-order valence-electron chi connectivity index (χ2n) is 11.0. The molecule has 0 saturated heterocycles. The zero-order chi connectivity index (χ0) is 30.6. The number of carbonyl (C=O) groups excluding carboxylic acids is 2. The summed E-state index contributed by atoms with van der Waals surface area (Å²) in [5, 5.41) is 7.34. The second-order valence-corrected chi connectivity index (χ2v) is 13.2. The zero-order valence-electron chi connectivity index (χ0n) is 24.7. The first-order chi connectivity index (χ1) is 20.7. The Morgan fingerprint density at radius 1 is 1.07 bits per heavy atom. The third kappa shape index (κ3) is 6.76. The Balaban J connectivity index is 1.46. The van der Waals surface area contributed by atoms with Crippen molar-refractivity contribution in [2.45, 2.75) is 51.9 Å². The van der Waals surface area contributed by atoms with Crippen LogP contribution in [-0.4, -0.2) is 56.9 Å². The largest absolute Gasteiger partial charge is 0.461 e. The molecule has 0 bridgehead atoms. The van der Waals surface area contributed by atoms with E-state index in [2.05, 4.69) is 16.7 Å². The van der Waals surface area contributed by atoms with Crippen molar-refractivity contribution in [2.75, 3.05) is 23.7 Å². The highest BCUT2D eigenvalue weighted by molar-refractivity contribution is 7.92. The molecule has 2 atom stereocenters. The molecule has 1 aliphatic heterocycles. The Kier molecular flexibility index (Phi) is 9.17. The molecule has 0 radical (unpaired) electrons. The maximum absolute atomic E-state index is 13.9. The van der Waals surface area contributed by atoms with Crippen LogP contribution in [-0.2, 0) is 45.5 Å². The van der Waals surface area contributed by atoms with E-state index >= 15 is 0 Å². The molecular weight excluding hydrogens is 564 g/mol. The molecule has 0 fully saturated rings. The predicted octanol–water partition coefficient (Wildman–Crippen LogP) is 3.96. The SMILES string of the molecule is CCc1cn2c3c(cc(C(=O)N[C@@H](Cc4ccccc4)[C@@H](CNCc4cccc(C)c4)OC=O)cc13)N(C)S(=O)(=O)CC2. The number of aryl methyl sites for hydroxylation is 3. The summed E-state index contributed by atoms with van der Waals surface area (Å²) in [7, 11) is -2.02. The molecule has 2 N–H and O–H groups in total. The minimum atomic E-state index is -3.55. The summed E-state index contributed by atoms with van der Waals surface area (Å²) in [6.45, 7) is 5.73. The van der Waals surface area contributed by atoms with Gasteiger partial charge in [-0.2, -0.15) is 0 Å². The van der Waals surface area contributed by atoms with Crippen molar-refractivity contribution >= 4 is 39.0 Å². The van der Waals surface area contributed by atoms with Crippen LogP contribution in [0.2, 0.25) is 0 Å². The summed E-state index contributed by atoms with van der Waals surface area (Å²) >= 11 is 0. The number of sulfonamides is 1. The van der Waals surface area contributed by atoms with Crippen molar-refractivity contribution in [1.29, 1.82) is 0 Å². The van der Waals surface area contributed by atoms with E-state index < -0.39 is 22.2 Å². The van der Waals surface area contributed by atoms with Gasteiger partial charge in [0.1, 0.15) is 6.10 Å². The summed E-state index contributed by atoms with van der Waals surface area (Å²) in [6.07, 6.45) is 2.49. The van der Waals surface area contributed by atoms with Gasteiger partial charge in [0, 0.05) is 43.8 Å². The summed E-state index contributed by atoms with van der Waals surface area (Å²) in [5.41, 5.74) is 5.89. The minimum absolute atomic E-state index is 0.0218. The van der Waals surface area contributed by atoms with E-state index in [1.54, 1.807) is 6.07 Å². The van der Waals surface area contributed by atoms with Gasteiger partial charge in [-0.25, -0.2) is 8.42 Å². The van der Waals surface area contributed by atoms with Gasteiger partial charge in [-0.15, -0.1) is 0 Å². The van der Waals surface area contributed by atoms with E-state index in [9.17, 15) is 18.0 Å². The molecule has 2 heterocycles. The molecule has 1 aromatic heterocycles. The van der Waals surface area contributed by atoms with E-state index in [1.165, 1.54) is 11.4 Å². The third-order valence-electron chi connectivity index (χ3n) is 8.08. The first-order valence-electron chi connectivity index (χ1n) is 14.5. The highest BCUT2D eigenvalue weighted by Gasteiger charge is 2.30. The van der Waals surface area contributed by atoms with Crippen LogP contribution in [0.15, 0.2) is 72.9 Å². The lowest BCUT2D eigenvalue weighted by Crippen LogP contribution is -2.50. The number of rotatable bonds is 12. The van der Waals surface area contributed by atoms with Crippen molar-refractivity contribution in [3.05, 3.63) is 101 Å². The maximum atomic E-state index is 13.9. The average molecular weight is 603 g/mol. The summed E-state index contributed by atoms with van der Waals surface area (Å²) in [6, 6.07) is 20.8. The van der Waals surface area contributed by atoms with Crippen molar-refractivity contribution in [3.63, 3.8) is 0 Å². The number of amides is 1. The van der Waals surface area contributed by atoms with Crippen LogP contribution in [0.5, 0.6) is 0 Å². The van der Waals surface area contributed by atoms with Gasteiger partial charge in [0.25, 0.3) is 12.4 Å². The standard InChI is InChI=1S/C33H38N4O5S/c1-4-26-21-37-13-14-43(40,41)36(3)30-18-27(17-28(26)32(30)37)33(39)35-29(16-24-10-6-5-7-11-24)31(42-22-38)20-34-19-25-12-8-9-23(2)15-25/h5-12,15,17-18,21-22,29,31,34H,4,13-14,16,19-20H2,1-3H3,(H,35,39)/t29-,31+/m0/s1. The smallest absolute Gasteiger partial charge is 0.293 e. The van der Waals surface area contributed by atoms with Crippen LogP contribution < -0.4 is 14.9 Å². The van der Waals surface area contributed by atoms with Crippen LogP contribution in [0.25, 0.3) is 10.9 Å². The van der Waals surface area contributed by atoms with Crippen LogP contribution in [0.1, 0.15) is 39.5 Å². The number of nitrogens with one attached hydrogen (secondary N) is 2. The van der Waals surface area contributed by atoms with Crippen LogP contribution in [0.3, 0.4) is 0 Å². The highest BCUT2D eigenvalue weighted by atomic mass is 32.2. The lowest BCUT2D eigenvalue weighted by Gasteiger charge is -2.28. The number of anilines is 1. The summed E-state index contributed by atoms with van der Waals surface area (Å²) in [4.78, 5) is 25.5. The average Bonchev–Trinajstić information content (AvgIpc) is 3.32. The quantitative estimate of drug-likeness (QED) is 0.238. The van der Waals surface area contributed by atoms with Crippen molar-refractivity contribution < 1.29 is 22.7 Å². The summed E-state index contributed by atoms with van der Waals surface area (Å²) < 4.78 is 34.7. The Hall–Kier alpha value is -4.15. The minimum Gasteiger partial charge on any atom is -0.461 e. The number of ether oxygens (including phenoxy) is 1. The molecule has 1 amide bonds. The van der Waals surface area contributed by atoms with E-state index in [0.29, 0.717) is 43.8 Å². The van der Waals surface area contributed by atoms with Gasteiger partial charge in [-0.3, -0.25) is 13.9 Å². The molecule has 5 rings (SSSR count). The third-order valence-corrected chi connectivity index (χ3v) is 9.81. The Morgan fingerprint density at radius 2 is 1.84 bits per heavy atom. The van der Waals surface area contributed by atoms with Gasteiger partial charge >= 0.3 is 0 Å². The zero-order valence-corrected chi connectivity index (χ0v) is 25.6. The molecule has 43 heavy (non-hydrogen) atoms. The highest BCUT2D eigenvalue weighted by Crippen LogP contribution is 2.35. The molecule has 0 saturated carbocycles. The molecule has 10 heteroatoms. The number of hydrogen-bond donors (Lipinski definition) is 2. The number of nitrogens with zero attached hydrogens (tertiary/aromatic N) is 2. The normalized spacial score (nSPS) is 15.5. The van der Waals surface area contributed by atoms with E-state index in [-0.39, 0.29) is 11.7 Å². The number of carbonyl (C=O) groups is 2. The Morgan fingerprint density at radius 3 is 2.56 bits per heavy atom. The molecule has 0 unspecified atom stereocenters. The lowest BCUT2D eigenvalue weighted by atomic mass is 9.99. The van der Waals surface area contributed by atoms with Crippen molar-refractivity contribution in [3.8, 4) is 0 Å². The van der Waals surface area contributed by atoms with Gasteiger partial charge in [-0.05, 0) is 48.6 Å². The molecule has 9 nitrogen and oxygen atoms in total. The Labute approximate surface area is 252 Å². The summed E-state index contributed by atoms with van der Waals surface area (Å²) in [5.74, 6) is -0.395. The number of hydrogen-bond acceptors (Lipinski definition) is 6. The first-order valence-corrected chi connectivity index (χ1v) is 16.1. The monoisotopic (exact) mass is 602 g/mol. The lowest BCUT2D eigenvalue weighted by molar-refractivity contribution is -0.134. The second kappa shape index (κ2) is 13.0. The van der Waals surface area contributed by atoms with E-state index in [1.807, 2.05) is 79.2 Å². The topological polar surface area (TPSA) is 110 Å². The molecule has 226 valence electrons. The van der Waals surface area contributed by atoms with E-state index in [0.717, 1.165) is 39.6 Å². The number of aromatic nitrogens is 1. The molecule has 0 aliphatic carbocycles. The van der Waals surface area contributed by atoms with Crippen molar-refractivity contribution in [2.24, 2.45) is 0 Å². The van der Waals surface area contributed by atoms with Crippen molar-refractivity contribution in [1.82, 2.24) is 15.2 Å². The number of benzene rings is 3. The van der Waals surface area contributed by atoms with Crippen LogP contribution in [0, 0.1) is 6.92 Å². The van der Waals surface area contributed by atoms with E-state index in [4.69, 9.17) is 4.74 Å². The maximum Gasteiger partial charge on any atom is 0.293 e. The van der Waals surface area contributed by atoms with Gasteiger partial charge in [0.15, 0.2) is 0 Å². The van der Waals surface area contributed by atoms with Crippen LogP contribution >= 0.6 is 0 Å². The molecular formula is C33H38N4O5S.